The number of carbonyl (C=O) groups excluding carboxylic acids is 2. The molecule has 0 radical (unpaired) electrons. The van der Waals surface area contributed by atoms with Crippen LogP contribution in [0.5, 0.6) is 0 Å². The molecule has 1 aliphatic rings. The molecule has 0 unspecified atom stereocenters. The molecule has 0 aliphatic heterocycles. The first kappa shape index (κ1) is 10.2. The van der Waals surface area contributed by atoms with Gasteiger partial charge in [0, 0.05) is 18.4 Å². The molecule has 0 aromatic heterocycles. The minimum absolute atomic E-state index is 0.116. The van der Waals surface area contributed by atoms with Crippen LogP contribution in [0.15, 0.2) is 11.1 Å². The predicted octanol–water partition coefficient (Wildman–Crippen LogP) is 2.43. The molecule has 0 aromatic carbocycles. The van der Waals surface area contributed by atoms with E-state index < -0.39 is 0 Å². The molecule has 1 saturated carbocycles. The van der Waals surface area contributed by atoms with Gasteiger partial charge in [0.2, 0.25) is 0 Å². The van der Waals surface area contributed by atoms with E-state index in [1.54, 1.807) is 6.92 Å². The van der Waals surface area contributed by atoms with Gasteiger partial charge < -0.3 is 0 Å². The summed E-state index contributed by atoms with van der Waals surface area (Å²) in [5.74, 6) is 0.302. The van der Waals surface area contributed by atoms with Crippen molar-refractivity contribution in [1.29, 1.82) is 0 Å². The monoisotopic (exact) mass is 180 g/mol. The van der Waals surface area contributed by atoms with Crippen LogP contribution in [-0.4, -0.2) is 11.6 Å². The Morgan fingerprint density at radius 2 is 1.92 bits per heavy atom. The SMILES string of the molecule is CCC(=O)C(C)=C1CCCCC1=O. The van der Waals surface area contributed by atoms with E-state index in [2.05, 4.69) is 0 Å². The average Bonchev–Trinajstić information content (AvgIpc) is 2.16. The summed E-state index contributed by atoms with van der Waals surface area (Å²) in [5, 5.41) is 0. The van der Waals surface area contributed by atoms with Gasteiger partial charge in [-0.15, -0.1) is 0 Å². The molecule has 1 fully saturated rings. The second-order valence-corrected chi connectivity index (χ2v) is 3.51. The number of carbonyl (C=O) groups is 2. The maximum atomic E-state index is 11.4. The van der Waals surface area contributed by atoms with Crippen molar-refractivity contribution in [3.05, 3.63) is 11.1 Å². The minimum atomic E-state index is 0.116. The third-order valence-corrected chi connectivity index (χ3v) is 2.61. The third kappa shape index (κ3) is 2.27. The second-order valence-electron chi connectivity index (χ2n) is 3.51. The molecular weight excluding hydrogens is 164 g/mol. The lowest BCUT2D eigenvalue weighted by Gasteiger charge is -2.14. The molecular formula is C11H16O2. The Kier molecular flexibility index (Phi) is 3.40. The first-order valence-electron chi connectivity index (χ1n) is 4.93. The molecule has 72 valence electrons. The minimum Gasteiger partial charge on any atom is -0.295 e. The van der Waals surface area contributed by atoms with Crippen LogP contribution in [0, 0.1) is 0 Å². The van der Waals surface area contributed by atoms with Crippen molar-refractivity contribution in [2.24, 2.45) is 0 Å². The van der Waals surface area contributed by atoms with E-state index in [-0.39, 0.29) is 11.6 Å². The molecule has 2 nitrogen and oxygen atoms in total. The molecule has 0 saturated heterocycles. The van der Waals surface area contributed by atoms with E-state index in [1.165, 1.54) is 0 Å². The quantitative estimate of drug-likeness (QED) is 0.611. The Morgan fingerprint density at radius 1 is 1.31 bits per heavy atom. The number of allylic oxidation sites excluding steroid dienone is 2. The summed E-state index contributed by atoms with van der Waals surface area (Å²) in [7, 11) is 0. The number of hydrogen-bond acceptors (Lipinski definition) is 2. The molecule has 0 amide bonds. The van der Waals surface area contributed by atoms with Crippen molar-refractivity contribution in [1.82, 2.24) is 0 Å². The predicted molar refractivity (Wildman–Crippen MR) is 51.5 cm³/mol. The van der Waals surface area contributed by atoms with Gasteiger partial charge in [0.25, 0.3) is 0 Å². The van der Waals surface area contributed by atoms with Crippen molar-refractivity contribution in [2.45, 2.75) is 46.0 Å². The van der Waals surface area contributed by atoms with Gasteiger partial charge in [-0.25, -0.2) is 0 Å². The first-order chi connectivity index (χ1) is 6.16. The van der Waals surface area contributed by atoms with Crippen LogP contribution in [0.2, 0.25) is 0 Å². The lowest BCUT2D eigenvalue weighted by Crippen LogP contribution is -2.13. The standard InChI is InChI=1S/C11H16O2/c1-3-10(12)8(2)9-6-4-5-7-11(9)13/h3-7H2,1-2H3. The number of rotatable bonds is 2. The van der Waals surface area contributed by atoms with Crippen molar-refractivity contribution >= 4 is 11.6 Å². The number of hydrogen-bond donors (Lipinski definition) is 0. The Bertz CT molecular complexity index is 261. The van der Waals surface area contributed by atoms with Crippen LogP contribution in [-0.2, 0) is 9.59 Å². The molecule has 0 aromatic rings. The maximum Gasteiger partial charge on any atom is 0.159 e. The lowest BCUT2D eigenvalue weighted by atomic mass is 9.88. The van der Waals surface area contributed by atoms with Gasteiger partial charge in [-0.05, 0) is 31.8 Å². The van der Waals surface area contributed by atoms with E-state index in [0.717, 1.165) is 24.8 Å². The second kappa shape index (κ2) is 4.35. The van der Waals surface area contributed by atoms with Crippen LogP contribution in [0.1, 0.15) is 46.0 Å². The highest BCUT2D eigenvalue weighted by Crippen LogP contribution is 2.23. The van der Waals surface area contributed by atoms with Crippen molar-refractivity contribution in [2.75, 3.05) is 0 Å². The van der Waals surface area contributed by atoms with Crippen LogP contribution in [0.4, 0.5) is 0 Å². The summed E-state index contributed by atoms with van der Waals surface area (Å²) in [5.41, 5.74) is 1.49. The first-order valence-corrected chi connectivity index (χ1v) is 4.93. The van der Waals surface area contributed by atoms with E-state index in [4.69, 9.17) is 0 Å². The molecule has 0 atom stereocenters. The Hall–Kier alpha value is -0.920. The molecule has 1 rings (SSSR count). The molecule has 0 bridgehead atoms. The van der Waals surface area contributed by atoms with Gasteiger partial charge >= 0.3 is 0 Å². The fraction of sp³-hybridized carbons (Fsp3) is 0.636. The highest BCUT2D eigenvalue weighted by atomic mass is 16.1. The summed E-state index contributed by atoms with van der Waals surface area (Å²) >= 11 is 0. The van der Waals surface area contributed by atoms with E-state index in [9.17, 15) is 9.59 Å². The van der Waals surface area contributed by atoms with Gasteiger partial charge in [-0.1, -0.05) is 6.92 Å². The molecule has 0 spiro atoms. The van der Waals surface area contributed by atoms with Crippen molar-refractivity contribution in [3.63, 3.8) is 0 Å². The van der Waals surface area contributed by atoms with Crippen LogP contribution in [0.25, 0.3) is 0 Å². The highest BCUT2D eigenvalue weighted by molar-refractivity contribution is 6.06. The van der Waals surface area contributed by atoms with Gasteiger partial charge in [0.15, 0.2) is 11.6 Å². The van der Waals surface area contributed by atoms with Crippen molar-refractivity contribution < 1.29 is 9.59 Å². The zero-order valence-electron chi connectivity index (χ0n) is 8.35. The van der Waals surface area contributed by atoms with E-state index in [0.29, 0.717) is 18.4 Å². The van der Waals surface area contributed by atoms with Crippen LogP contribution in [0.3, 0.4) is 0 Å². The molecule has 0 N–H and O–H groups in total. The van der Waals surface area contributed by atoms with E-state index >= 15 is 0 Å². The molecule has 1 aliphatic carbocycles. The van der Waals surface area contributed by atoms with Gasteiger partial charge in [-0.3, -0.25) is 9.59 Å². The smallest absolute Gasteiger partial charge is 0.159 e. The van der Waals surface area contributed by atoms with Gasteiger partial charge in [0.1, 0.15) is 0 Å². The summed E-state index contributed by atoms with van der Waals surface area (Å²) in [6, 6.07) is 0. The Labute approximate surface area is 79.0 Å². The van der Waals surface area contributed by atoms with Gasteiger partial charge in [0.05, 0.1) is 0 Å². The zero-order chi connectivity index (χ0) is 9.84. The van der Waals surface area contributed by atoms with E-state index in [1.807, 2.05) is 6.92 Å². The van der Waals surface area contributed by atoms with Crippen LogP contribution < -0.4 is 0 Å². The van der Waals surface area contributed by atoms with Crippen molar-refractivity contribution in [3.8, 4) is 0 Å². The lowest BCUT2D eigenvalue weighted by molar-refractivity contribution is -0.118. The Balaban J connectivity index is 2.87. The highest BCUT2D eigenvalue weighted by Gasteiger charge is 2.19. The summed E-state index contributed by atoms with van der Waals surface area (Å²) in [6.07, 6.45) is 3.97. The summed E-state index contributed by atoms with van der Waals surface area (Å²) in [6.45, 7) is 3.62. The molecule has 0 heterocycles. The summed E-state index contributed by atoms with van der Waals surface area (Å²) < 4.78 is 0. The average molecular weight is 180 g/mol. The zero-order valence-corrected chi connectivity index (χ0v) is 8.35. The number of Topliss-reactive ketones (excluding diaryl/α,β-unsaturated/α-hetero) is 2. The normalized spacial score (nSPS) is 21.5. The van der Waals surface area contributed by atoms with Crippen LogP contribution >= 0.6 is 0 Å². The fourth-order valence-corrected chi connectivity index (χ4v) is 1.71. The fourth-order valence-electron chi connectivity index (χ4n) is 1.71. The summed E-state index contributed by atoms with van der Waals surface area (Å²) in [4.78, 5) is 22.8. The topological polar surface area (TPSA) is 34.1 Å². The molecule has 2 heteroatoms. The third-order valence-electron chi connectivity index (χ3n) is 2.61. The maximum absolute atomic E-state index is 11.4. The number of ketones is 2. The Morgan fingerprint density at radius 3 is 2.46 bits per heavy atom. The molecule has 13 heavy (non-hydrogen) atoms. The van der Waals surface area contributed by atoms with Gasteiger partial charge in [-0.2, -0.15) is 0 Å². The largest absolute Gasteiger partial charge is 0.295 e.